The molecule has 102 valence electrons. The van der Waals surface area contributed by atoms with Gasteiger partial charge in [-0.15, -0.1) is 0 Å². The van der Waals surface area contributed by atoms with Gasteiger partial charge in [-0.25, -0.2) is 4.39 Å². The summed E-state index contributed by atoms with van der Waals surface area (Å²) in [6.07, 6.45) is 2.64. The first-order valence-corrected chi connectivity index (χ1v) is 7.15. The van der Waals surface area contributed by atoms with E-state index >= 15 is 0 Å². The van der Waals surface area contributed by atoms with Gasteiger partial charge >= 0.3 is 0 Å². The van der Waals surface area contributed by atoms with Gasteiger partial charge in [0.15, 0.2) is 0 Å². The van der Waals surface area contributed by atoms with Gasteiger partial charge in [0.1, 0.15) is 6.17 Å². The molecule has 1 aromatic heterocycles. The number of rotatable bonds is 5. The topological polar surface area (TPSA) is 29.9 Å². The average Bonchev–Trinajstić information content (AvgIpc) is 2.82. The van der Waals surface area contributed by atoms with Crippen LogP contribution in [-0.4, -0.2) is 29.0 Å². The normalized spacial score (nSPS) is 19.1. The molecule has 4 heteroatoms. The molecule has 0 aromatic carbocycles. The molecule has 1 atom stereocenters. The Bertz CT molecular complexity index is 369. The van der Waals surface area contributed by atoms with E-state index in [4.69, 9.17) is 0 Å². The molecule has 2 rings (SSSR count). The van der Waals surface area contributed by atoms with Crippen molar-refractivity contribution in [2.45, 2.75) is 52.2 Å². The molecule has 1 N–H and O–H groups in total. The SMILES string of the molecule is CCc1cc(CC(F)C2CCNCC2)n(CC)n1. The van der Waals surface area contributed by atoms with Crippen LogP contribution in [0, 0.1) is 5.92 Å². The van der Waals surface area contributed by atoms with Crippen LogP contribution in [0.25, 0.3) is 0 Å². The van der Waals surface area contributed by atoms with E-state index in [1.165, 1.54) is 0 Å². The van der Waals surface area contributed by atoms with Crippen LogP contribution < -0.4 is 5.32 Å². The van der Waals surface area contributed by atoms with Crippen LogP contribution in [0.2, 0.25) is 0 Å². The van der Waals surface area contributed by atoms with Crippen LogP contribution >= 0.6 is 0 Å². The number of piperidine rings is 1. The summed E-state index contributed by atoms with van der Waals surface area (Å²) in [4.78, 5) is 0. The molecule has 18 heavy (non-hydrogen) atoms. The predicted octanol–water partition coefficient (Wildman–Crippen LogP) is 2.35. The lowest BCUT2D eigenvalue weighted by atomic mass is 9.90. The third-order valence-corrected chi connectivity index (χ3v) is 3.88. The van der Waals surface area contributed by atoms with Crippen molar-refractivity contribution in [2.75, 3.05) is 13.1 Å². The first-order valence-electron chi connectivity index (χ1n) is 7.15. The molecule has 1 saturated heterocycles. The lowest BCUT2D eigenvalue weighted by Gasteiger charge is -2.25. The van der Waals surface area contributed by atoms with Crippen LogP contribution in [-0.2, 0) is 19.4 Å². The van der Waals surface area contributed by atoms with Gasteiger partial charge in [0.05, 0.1) is 5.69 Å². The molecule has 1 fully saturated rings. The fourth-order valence-corrected chi connectivity index (χ4v) is 2.70. The molecule has 2 heterocycles. The van der Waals surface area contributed by atoms with Gasteiger partial charge in [0, 0.05) is 18.7 Å². The molecular weight excluding hydrogens is 229 g/mol. The number of hydrogen-bond acceptors (Lipinski definition) is 2. The minimum absolute atomic E-state index is 0.219. The minimum atomic E-state index is -0.723. The van der Waals surface area contributed by atoms with E-state index in [2.05, 4.69) is 30.3 Å². The zero-order chi connectivity index (χ0) is 13.0. The summed E-state index contributed by atoms with van der Waals surface area (Å²) in [5, 5.41) is 7.77. The number of aryl methyl sites for hydroxylation is 2. The highest BCUT2D eigenvalue weighted by Gasteiger charge is 2.24. The highest BCUT2D eigenvalue weighted by atomic mass is 19.1. The zero-order valence-electron chi connectivity index (χ0n) is 11.5. The summed E-state index contributed by atoms with van der Waals surface area (Å²) < 4.78 is 16.3. The molecule has 1 aromatic rings. The number of nitrogens with one attached hydrogen (secondary N) is 1. The standard InChI is InChI=1S/C14H24FN3/c1-3-12-9-13(18(4-2)17-12)10-14(15)11-5-7-16-8-6-11/h9,11,14,16H,3-8,10H2,1-2H3. The second-order valence-corrected chi connectivity index (χ2v) is 5.10. The van der Waals surface area contributed by atoms with Crippen molar-refractivity contribution >= 4 is 0 Å². The Morgan fingerprint density at radius 2 is 2.17 bits per heavy atom. The highest BCUT2D eigenvalue weighted by molar-refractivity contribution is 5.11. The molecule has 0 aliphatic carbocycles. The van der Waals surface area contributed by atoms with Crippen molar-refractivity contribution in [1.29, 1.82) is 0 Å². The van der Waals surface area contributed by atoms with Crippen molar-refractivity contribution in [2.24, 2.45) is 5.92 Å². The van der Waals surface area contributed by atoms with Crippen molar-refractivity contribution in [3.63, 3.8) is 0 Å². The molecule has 0 amide bonds. The fourth-order valence-electron chi connectivity index (χ4n) is 2.70. The number of hydrogen-bond donors (Lipinski definition) is 1. The Labute approximate surface area is 109 Å². The first-order chi connectivity index (χ1) is 8.74. The van der Waals surface area contributed by atoms with Gasteiger partial charge in [0.25, 0.3) is 0 Å². The van der Waals surface area contributed by atoms with Gasteiger partial charge < -0.3 is 5.32 Å². The van der Waals surface area contributed by atoms with E-state index in [0.29, 0.717) is 6.42 Å². The second-order valence-electron chi connectivity index (χ2n) is 5.10. The van der Waals surface area contributed by atoms with E-state index in [9.17, 15) is 4.39 Å². The molecule has 1 aliphatic rings. The molecule has 1 aliphatic heterocycles. The predicted molar refractivity (Wildman–Crippen MR) is 71.5 cm³/mol. The summed E-state index contributed by atoms with van der Waals surface area (Å²) in [5.41, 5.74) is 2.13. The second kappa shape index (κ2) is 6.32. The smallest absolute Gasteiger partial charge is 0.109 e. The van der Waals surface area contributed by atoms with Crippen molar-refractivity contribution in [1.82, 2.24) is 15.1 Å². The Morgan fingerprint density at radius 3 is 2.78 bits per heavy atom. The first kappa shape index (κ1) is 13.5. The Morgan fingerprint density at radius 1 is 1.44 bits per heavy atom. The van der Waals surface area contributed by atoms with Crippen LogP contribution in [0.3, 0.4) is 0 Å². The molecule has 3 nitrogen and oxygen atoms in total. The Kier molecular flexibility index (Phi) is 4.75. The lowest BCUT2D eigenvalue weighted by Crippen LogP contribution is -2.33. The van der Waals surface area contributed by atoms with Gasteiger partial charge in [-0.3, -0.25) is 4.68 Å². The van der Waals surface area contributed by atoms with Gasteiger partial charge in [0.2, 0.25) is 0 Å². The van der Waals surface area contributed by atoms with Crippen molar-refractivity contribution < 1.29 is 4.39 Å². The maximum Gasteiger partial charge on any atom is 0.109 e. The number of aromatic nitrogens is 2. The van der Waals surface area contributed by atoms with Crippen LogP contribution in [0.5, 0.6) is 0 Å². The van der Waals surface area contributed by atoms with E-state index in [-0.39, 0.29) is 5.92 Å². The average molecular weight is 253 g/mol. The monoisotopic (exact) mass is 253 g/mol. The number of nitrogens with zero attached hydrogens (tertiary/aromatic N) is 2. The van der Waals surface area contributed by atoms with Crippen molar-refractivity contribution in [3.05, 3.63) is 17.5 Å². The van der Waals surface area contributed by atoms with E-state index in [0.717, 1.165) is 50.3 Å². The molecule has 1 unspecified atom stereocenters. The molecule has 0 radical (unpaired) electrons. The molecular formula is C14H24FN3. The van der Waals surface area contributed by atoms with E-state index in [1.54, 1.807) is 0 Å². The Balaban J connectivity index is 2.00. The number of alkyl halides is 1. The molecule has 0 bridgehead atoms. The zero-order valence-corrected chi connectivity index (χ0v) is 11.5. The molecule has 0 spiro atoms. The summed E-state index contributed by atoms with van der Waals surface area (Å²) >= 11 is 0. The minimum Gasteiger partial charge on any atom is -0.317 e. The van der Waals surface area contributed by atoms with Crippen LogP contribution in [0.4, 0.5) is 4.39 Å². The third kappa shape index (κ3) is 3.10. The largest absolute Gasteiger partial charge is 0.317 e. The number of halogens is 1. The summed E-state index contributed by atoms with van der Waals surface area (Å²) in [5.74, 6) is 0.219. The van der Waals surface area contributed by atoms with Gasteiger partial charge in [-0.2, -0.15) is 5.10 Å². The van der Waals surface area contributed by atoms with Gasteiger partial charge in [-0.1, -0.05) is 6.92 Å². The maximum absolute atomic E-state index is 14.3. The highest BCUT2D eigenvalue weighted by Crippen LogP contribution is 2.22. The Hall–Kier alpha value is -0.900. The van der Waals surface area contributed by atoms with Crippen LogP contribution in [0.15, 0.2) is 6.07 Å². The summed E-state index contributed by atoms with van der Waals surface area (Å²) in [6.45, 7) is 6.89. The van der Waals surface area contributed by atoms with E-state index in [1.807, 2.05) is 4.68 Å². The van der Waals surface area contributed by atoms with Crippen molar-refractivity contribution in [3.8, 4) is 0 Å². The summed E-state index contributed by atoms with van der Waals surface area (Å²) in [7, 11) is 0. The van der Waals surface area contributed by atoms with Gasteiger partial charge in [-0.05, 0) is 51.3 Å². The quantitative estimate of drug-likeness (QED) is 0.873. The van der Waals surface area contributed by atoms with Crippen LogP contribution in [0.1, 0.15) is 38.1 Å². The summed E-state index contributed by atoms with van der Waals surface area (Å²) in [6, 6.07) is 2.07. The van der Waals surface area contributed by atoms with E-state index < -0.39 is 6.17 Å². The fraction of sp³-hybridized carbons (Fsp3) is 0.786. The molecule has 0 saturated carbocycles. The maximum atomic E-state index is 14.3. The lowest BCUT2D eigenvalue weighted by molar-refractivity contribution is 0.184. The third-order valence-electron chi connectivity index (χ3n) is 3.88.